The van der Waals surface area contributed by atoms with Crippen molar-refractivity contribution in [2.24, 2.45) is 11.3 Å². The highest BCUT2D eigenvalue weighted by Gasteiger charge is 2.44. The van der Waals surface area contributed by atoms with Gasteiger partial charge in [-0.25, -0.2) is 14.4 Å². The fourth-order valence-corrected chi connectivity index (χ4v) is 5.19. The van der Waals surface area contributed by atoms with Crippen molar-refractivity contribution in [1.82, 2.24) is 15.3 Å². The standard InChI is InChI=1S/C25H28FN5O2/c1-16-8-18(2-3-20(16)26)31-24-19-9-22(30-15-32)23(10-21(19)28-14-29-24)33-13-17-11-25(12-17)4-6-27-7-5-25/h2-3,8-10,14-15,17,27H,4-7,11-13H2,1H3,(H,30,32)(H,28,29,31). The lowest BCUT2D eigenvalue weighted by Crippen LogP contribution is -2.46. The Kier molecular flexibility index (Phi) is 5.85. The van der Waals surface area contributed by atoms with Gasteiger partial charge in [-0.05, 0) is 86.9 Å². The molecule has 2 aromatic carbocycles. The predicted octanol–water partition coefficient (Wildman–Crippen LogP) is 4.55. The Morgan fingerprint density at radius 3 is 2.79 bits per heavy atom. The van der Waals surface area contributed by atoms with E-state index in [2.05, 4.69) is 25.9 Å². The molecule has 1 aliphatic carbocycles. The van der Waals surface area contributed by atoms with E-state index >= 15 is 0 Å². The molecule has 172 valence electrons. The van der Waals surface area contributed by atoms with Crippen LogP contribution in [0.25, 0.3) is 10.9 Å². The molecule has 1 amide bonds. The third-order valence-corrected chi connectivity index (χ3v) is 6.95. The molecule has 0 unspecified atom stereocenters. The first-order chi connectivity index (χ1) is 16.0. The van der Waals surface area contributed by atoms with E-state index in [4.69, 9.17) is 4.74 Å². The van der Waals surface area contributed by atoms with Gasteiger partial charge in [0.25, 0.3) is 0 Å². The molecule has 2 heterocycles. The van der Waals surface area contributed by atoms with Crippen LogP contribution >= 0.6 is 0 Å². The summed E-state index contributed by atoms with van der Waals surface area (Å²) in [6, 6.07) is 8.45. The van der Waals surface area contributed by atoms with Crippen LogP contribution in [0.15, 0.2) is 36.7 Å². The summed E-state index contributed by atoms with van der Waals surface area (Å²) in [4.78, 5) is 20.0. The molecule has 1 saturated heterocycles. The molecule has 1 saturated carbocycles. The number of aryl methyl sites for hydroxylation is 1. The molecule has 2 fully saturated rings. The Morgan fingerprint density at radius 1 is 1.21 bits per heavy atom. The van der Waals surface area contributed by atoms with Crippen molar-refractivity contribution in [2.45, 2.75) is 32.6 Å². The SMILES string of the molecule is Cc1cc(Nc2ncnc3cc(OCC4CC5(CCNCC5)C4)c(NC=O)cc23)ccc1F. The second kappa shape index (κ2) is 8.94. The normalized spacial score (nSPS) is 17.5. The first-order valence-electron chi connectivity index (χ1n) is 11.4. The number of rotatable bonds is 7. The highest BCUT2D eigenvalue weighted by Crippen LogP contribution is 2.51. The van der Waals surface area contributed by atoms with Crippen LogP contribution in [-0.2, 0) is 4.79 Å². The number of aromatic nitrogens is 2. The van der Waals surface area contributed by atoms with Gasteiger partial charge < -0.3 is 20.7 Å². The highest BCUT2D eigenvalue weighted by molar-refractivity contribution is 5.96. The summed E-state index contributed by atoms with van der Waals surface area (Å²) in [7, 11) is 0. The lowest BCUT2D eigenvalue weighted by atomic mass is 9.58. The first kappa shape index (κ1) is 21.6. The number of anilines is 3. The summed E-state index contributed by atoms with van der Waals surface area (Å²) < 4.78 is 19.8. The van der Waals surface area contributed by atoms with Gasteiger partial charge in [0, 0.05) is 17.1 Å². The largest absolute Gasteiger partial charge is 0.491 e. The van der Waals surface area contributed by atoms with Crippen LogP contribution in [0.2, 0.25) is 0 Å². The van der Waals surface area contributed by atoms with Crippen molar-refractivity contribution in [3.8, 4) is 5.75 Å². The summed E-state index contributed by atoms with van der Waals surface area (Å²) in [5.41, 5.74) is 3.03. The Balaban J connectivity index is 1.35. The molecular weight excluding hydrogens is 421 g/mol. The maximum atomic E-state index is 13.6. The van der Waals surface area contributed by atoms with Gasteiger partial charge >= 0.3 is 0 Å². The summed E-state index contributed by atoms with van der Waals surface area (Å²) in [5, 5.41) is 10.1. The minimum atomic E-state index is -0.259. The van der Waals surface area contributed by atoms with Crippen molar-refractivity contribution in [1.29, 1.82) is 0 Å². The van der Waals surface area contributed by atoms with Crippen molar-refractivity contribution in [3.05, 3.63) is 48.0 Å². The molecule has 1 aromatic heterocycles. The average molecular weight is 450 g/mol. The lowest BCUT2D eigenvalue weighted by Gasteiger charge is -2.50. The number of hydrogen-bond acceptors (Lipinski definition) is 6. The number of amides is 1. The number of fused-ring (bicyclic) bond motifs is 1. The number of ether oxygens (including phenoxy) is 1. The smallest absolute Gasteiger partial charge is 0.211 e. The van der Waals surface area contributed by atoms with Crippen molar-refractivity contribution >= 4 is 34.5 Å². The number of hydrogen-bond donors (Lipinski definition) is 3. The minimum Gasteiger partial charge on any atom is -0.491 e. The number of benzene rings is 2. The van der Waals surface area contributed by atoms with E-state index in [1.165, 1.54) is 38.1 Å². The third kappa shape index (κ3) is 4.48. The van der Waals surface area contributed by atoms with E-state index in [9.17, 15) is 9.18 Å². The summed E-state index contributed by atoms with van der Waals surface area (Å²) in [5.74, 6) is 1.44. The minimum absolute atomic E-state index is 0.259. The van der Waals surface area contributed by atoms with Crippen molar-refractivity contribution < 1.29 is 13.9 Å². The fraction of sp³-hybridized carbons (Fsp3) is 0.400. The van der Waals surface area contributed by atoms with E-state index in [0.717, 1.165) is 24.2 Å². The molecule has 8 heteroatoms. The quantitative estimate of drug-likeness (QED) is 0.459. The zero-order valence-electron chi connectivity index (χ0n) is 18.7. The van der Waals surface area contributed by atoms with Gasteiger partial charge in [0.2, 0.25) is 6.41 Å². The molecule has 33 heavy (non-hydrogen) atoms. The second-order valence-corrected chi connectivity index (χ2v) is 9.27. The number of carbonyl (C=O) groups is 1. The van der Waals surface area contributed by atoms with Gasteiger partial charge in [0.15, 0.2) is 0 Å². The molecule has 3 N–H and O–H groups in total. The highest BCUT2D eigenvalue weighted by atomic mass is 19.1. The monoisotopic (exact) mass is 449 g/mol. The van der Waals surface area contributed by atoms with Crippen molar-refractivity contribution in [2.75, 3.05) is 30.3 Å². The van der Waals surface area contributed by atoms with Crippen LogP contribution in [0.4, 0.5) is 21.6 Å². The zero-order valence-corrected chi connectivity index (χ0v) is 18.7. The maximum Gasteiger partial charge on any atom is 0.211 e. The van der Waals surface area contributed by atoms with E-state index < -0.39 is 0 Å². The number of carbonyl (C=O) groups excluding carboxylic acids is 1. The van der Waals surface area contributed by atoms with Crippen LogP contribution in [0.3, 0.4) is 0 Å². The van der Waals surface area contributed by atoms with Crippen molar-refractivity contribution in [3.63, 3.8) is 0 Å². The molecule has 2 aliphatic rings. The summed E-state index contributed by atoms with van der Waals surface area (Å²) in [6.45, 7) is 4.56. The van der Waals surface area contributed by atoms with Gasteiger partial charge in [0.1, 0.15) is 23.7 Å². The summed E-state index contributed by atoms with van der Waals surface area (Å²) in [6.07, 6.45) is 7.01. The van der Waals surface area contributed by atoms with Gasteiger partial charge in [-0.2, -0.15) is 0 Å². The van der Waals surface area contributed by atoms with Gasteiger partial charge in [0.05, 0.1) is 17.8 Å². The maximum absolute atomic E-state index is 13.6. The molecule has 1 aliphatic heterocycles. The van der Waals surface area contributed by atoms with Crippen LogP contribution < -0.4 is 20.7 Å². The number of halogens is 1. The Morgan fingerprint density at radius 2 is 2.03 bits per heavy atom. The van der Waals surface area contributed by atoms with E-state index in [1.54, 1.807) is 19.1 Å². The molecule has 1 spiro atoms. The predicted molar refractivity (Wildman–Crippen MR) is 126 cm³/mol. The molecule has 0 radical (unpaired) electrons. The molecule has 0 atom stereocenters. The number of nitrogens with zero attached hydrogens (tertiary/aromatic N) is 2. The average Bonchev–Trinajstić information content (AvgIpc) is 2.80. The molecule has 7 nitrogen and oxygen atoms in total. The molecule has 0 bridgehead atoms. The van der Waals surface area contributed by atoms with Crippen LogP contribution in [-0.4, -0.2) is 36.1 Å². The van der Waals surface area contributed by atoms with Gasteiger partial charge in [-0.15, -0.1) is 0 Å². The fourth-order valence-electron chi connectivity index (χ4n) is 5.19. The van der Waals surface area contributed by atoms with E-state index in [0.29, 0.717) is 52.7 Å². The number of piperidine rings is 1. The summed E-state index contributed by atoms with van der Waals surface area (Å²) >= 11 is 0. The second-order valence-electron chi connectivity index (χ2n) is 9.27. The molecule has 5 rings (SSSR count). The Labute approximate surface area is 192 Å². The first-order valence-corrected chi connectivity index (χ1v) is 11.4. The van der Waals surface area contributed by atoms with Crippen LogP contribution in [0.5, 0.6) is 5.75 Å². The lowest BCUT2D eigenvalue weighted by molar-refractivity contribution is -0.105. The topological polar surface area (TPSA) is 88.2 Å². The number of nitrogens with one attached hydrogen (secondary N) is 3. The third-order valence-electron chi connectivity index (χ3n) is 6.95. The van der Waals surface area contributed by atoms with E-state index in [-0.39, 0.29) is 5.82 Å². The van der Waals surface area contributed by atoms with E-state index in [1.807, 2.05) is 12.1 Å². The zero-order chi connectivity index (χ0) is 22.8. The van der Waals surface area contributed by atoms with Crippen LogP contribution in [0, 0.1) is 24.1 Å². The van der Waals surface area contributed by atoms with Gasteiger partial charge in [-0.1, -0.05) is 0 Å². The van der Waals surface area contributed by atoms with Crippen LogP contribution in [0.1, 0.15) is 31.2 Å². The van der Waals surface area contributed by atoms with Gasteiger partial charge in [-0.3, -0.25) is 4.79 Å². The molecular formula is C25H28FN5O2. The Hall–Kier alpha value is -3.26. The Bertz CT molecular complexity index is 1170. The molecule has 3 aromatic rings.